The van der Waals surface area contributed by atoms with Crippen LogP contribution in [0.1, 0.15) is 104 Å². The first-order chi connectivity index (χ1) is 33.4. The van der Waals surface area contributed by atoms with E-state index in [1.807, 2.05) is 36.2 Å². The standard InChI is InChI=1S/C51H59F2N11O5/c1-54-37-28-44(58-64-42(29-55-46(37)64)48(67)56-34-9-10-34)62-23-16-36-33(6-3-7-38(36)62)30-60-22-17-43(51(52,53)31-60)61-24-20-50(21-25-61)18-14-35(15-19-50)69-26-4-5-32-8-11-39-41(27-32)59(2)49(68)63(39)40-12-13-45(65)57-47(40)66/h3,6-8,11,27-29,34-35,40,43,54H,9-10,12-26,30-31H2,1-2H3,(H,56,67)(H,57,65,66). The Morgan fingerprint density at radius 1 is 0.942 bits per heavy atom. The van der Waals surface area contributed by atoms with Gasteiger partial charge in [-0.2, -0.15) is 0 Å². The molecule has 18 heteroatoms. The van der Waals surface area contributed by atoms with Crippen LogP contribution in [0.5, 0.6) is 0 Å². The number of anilines is 3. The minimum Gasteiger partial charge on any atom is -0.385 e. The minimum atomic E-state index is -2.83. The van der Waals surface area contributed by atoms with Crippen molar-refractivity contribution in [2.24, 2.45) is 12.5 Å². The van der Waals surface area contributed by atoms with Crippen LogP contribution in [0.15, 0.2) is 53.5 Å². The van der Waals surface area contributed by atoms with Crippen LogP contribution in [-0.2, 0) is 34.3 Å². The van der Waals surface area contributed by atoms with Crippen LogP contribution in [0, 0.1) is 17.3 Å². The Balaban J connectivity index is 0.662. The number of piperidine rings is 3. The van der Waals surface area contributed by atoms with E-state index in [2.05, 4.69) is 54.7 Å². The number of carbonyl (C=O) groups excluding carboxylic acids is 3. The van der Waals surface area contributed by atoms with E-state index in [0.29, 0.717) is 67.3 Å². The zero-order valence-electron chi connectivity index (χ0n) is 39.2. The number of amides is 3. The number of carbonyl (C=O) groups is 3. The Morgan fingerprint density at radius 3 is 2.51 bits per heavy atom. The van der Waals surface area contributed by atoms with Gasteiger partial charge < -0.3 is 20.3 Å². The third-order valence-electron chi connectivity index (χ3n) is 15.8. The van der Waals surface area contributed by atoms with Gasteiger partial charge in [-0.1, -0.05) is 24.0 Å². The molecule has 0 bridgehead atoms. The number of hydrogen-bond acceptors (Lipinski definition) is 11. The van der Waals surface area contributed by atoms with Gasteiger partial charge in [-0.3, -0.25) is 38.6 Å². The van der Waals surface area contributed by atoms with E-state index in [1.165, 1.54) is 9.13 Å². The summed E-state index contributed by atoms with van der Waals surface area (Å²) in [6.45, 7) is 3.14. The minimum absolute atomic E-state index is 0.102. The van der Waals surface area contributed by atoms with Gasteiger partial charge in [0.05, 0.1) is 41.6 Å². The van der Waals surface area contributed by atoms with Crippen LogP contribution in [0.4, 0.5) is 26.0 Å². The molecule has 2 aliphatic carbocycles. The first kappa shape index (κ1) is 45.3. The smallest absolute Gasteiger partial charge is 0.329 e. The average Bonchev–Trinajstić information content (AvgIpc) is 3.77. The summed E-state index contributed by atoms with van der Waals surface area (Å²) in [5.41, 5.74) is 6.78. The van der Waals surface area contributed by atoms with E-state index in [4.69, 9.17) is 9.84 Å². The monoisotopic (exact) mass is 943 g/mol. The number of ether oxygens (including phenoxy) is 1. The van der Waals surface area contributed by atoms with Gasteiger partial charge >= 0.3 is 5.69 Å². The number of aryl methyl sites for hydroxylation is 1. The van der Waals surface area contributed by atoms with Crippen LogP contribution in [0.2, 0.25) is 0 Å². The summed E-state index contributed by atoms with van der Waals surface area (Å²) in [6.07, 6.45) is 11.0. The van der Waals surface area contributed by atoms with Gasteiger partial charge in [0.25, 0.3) is 11.8 Å². The Kier molecular flexibility index (Phi) is 11.8. The lowest BCUT2D eigenvalue weighted by atomic mass is 9.67. The molecule has 362 valence electrons. The quantitative estimate of drug-likeness (QED) is 0.123. The number of fused-ring (bicyclic) bond motifs is 3. The lowest BCUT2D eigenvalue weighted by molar-refractivity contribution is -0.140. The fourth-order valence-electron chi connectivity index (χ4n) is 11.8. The molecule has 3 N–H and O–H groups in total. The summed E-state index contributed by atoms with van der Waals surface area (Å²) in [6, 6.07) is 12.2. The van der Waals surface area contributed by atoms with E-state index < -0.39 is 23.9 Å². The predicted octanol–water partition coefficient (Wildman–Crippen LogP) is 5.29. The number of benzene rings is 2. The van der Waals surface area contributed by atoms with Crippen LogP contribution >= 0.6 is 0 Å². The maximum absolute atomic E-state index is 16.2. The Labute approximate surface area is 398 Å². The number of alkyl halides is 2. The van der Waals surface area contributed by atoms with E-state index in [-0.39, 0.29) is 61.1 Å². The zero-order valence-corrected chi connectivity index (χ0v) is 39.2. The number of imide groups is 1. The van der Waals surface area contributed by atoms with Crippen LogP contribution < -0.4 is 26.5 Å². The number of hydrogen-bond donors (Lipinski definition) is 3. The van der Waals surface area contributed by atoms with Gasteiger partial charge in [0, 0.05) is 63.5 Å². The lowest BCUT2D eigenvalue weighted by Crippen LogP contribution is -2.60. The van der Waals surface area contributed by atoms with Gasteiger partial charge in [-0.05, 0) is 125 Å². The van der Waals surface area contributed by atoms with E-state index in [9.17, 15) is 19.2 Å². The van der Waals surface area contributed by atoms with Crippen molar-refractivity contribution in [1.29, 1.82) is 0 Å². The molecule has 5 aromatic rings. The molecule has 4 aliphatic heterocycles. The molecule has 11 rings (SSSR count). The molecule has 3 aromatic heterocycles. The number of imidazole rings is 2. The highest BCUT2D eigenvalue weighted by Gasteiger charge is 2.50. The molecule has 1 spiro atoms. The Bertz CT molecular complexity index is 2970. The van der Waals surface area contributed by atoms with Crippen molar-refractivity contribution >= 4 is 51.6 Å². The van der Waals surface area contributed by atoms with E-state index in [0.717, 1.165) is 85.9 Å². The SMILES string of the molecule is CNc1cc(N2CCc3c(CN4CCC(N5CCC6(CCC(OCC#Cc7ccc8c(c7)n(C)c(=O)n8C7CCC(=O)NC7=O)CC6)CC5)C(F)(F)C4)cccc32)nn2c(C(=O)NC3CC3)cnc12. The number of halogens is 2. The van der Waals surface area contributed by atoms with Crippen molar-refractivity contribution in [2.45, 2.75) is 114 Å². The van der Waals surface area contributed by atoms with Crippen molar-refractivity contribution in [3.05, 3.63) is 81.5 Å². The zero-order chi connectivity index (χ0) is 47.6. The first-order valence-electron chi connectivity index (χ1n) is 24.6. The third kappa shape index (κ3) is 8.67. The fourth-order valence-corrected chi connectivity index (χ4v) is 11.8. The Morgan fingerprint density at radius 2 is 1.75 bits per heavy atom. The molecule has 6 aliphatic rings. The van der Waals surface area contributed by atoms with Gasteiger partial charge in [0.15, 0.2) is 17.2 Å². The molecule has 2 aromatic carbocycles. The van der Waals surface area contributed by atoms with Crippen LogP contribution in [0.3, 0.4) is 0 Å². The second kappa shape index (κ2) is 18.0. The molecule has 69 heavy (non-hydrogen) atoms. The molecule has 3 amide bonds. The van der Waals surface area contributed by atoms with E-state index >= 15 is 8.78 Å². The van der Waals surface area contributed by atoms with E-state index in [1.54, 1.807) is 23.8 Å². The maximum atomic E-state index is 16.2. The molecule has 2 atom stereocenters. The highest BCUT2D eigenvalue weighted by atomic mass is 19.3. The molecule has 2 unspecified atom stereocenters. The van der Waals surface area contributed by atoms with Gasteiger partial charge in [-0.25, -0.2) is 23.1 Å². The molecule has 3 saturated heterocycles. The summed E-state index contributed by atoms with van der Waals surface area (Å²) < 4.78 is 43.3. The molecular weight excluding hydrogens is 885 g/mol. The normalized spacial score (nSPS) is 23.0. The molecular formula is C51H59F2N11O5. The number of likely N-dealkylation sites (tertiary alicyclic amines) is 2. The lowest BCUT2D eigenvalue weighted by Gasteiger charge is -2.50. The largest absolute Gasteiger partial charge is 0.385 e. The van der Waals surface area contributed by atoms with Gasteiger partial charge in [0.2, 0.25) is 11.8 Å². The second-order valence-corrected chi connectivity index (χ2v) is 20.1. The van der Waals surface area contributed by atoms with Crippen molar-refractivity contribution in [2.75, 3.05) is 56.6 Å². The van der Waals surface area contributed by atoms with Gasteiger partial charge in [-0.15, -0.1) is 5.10 Å². The highest BCUT2D eigenvalue weighted by molar-refractivity contribution is 6.00. The molecule has 2 saturated carbocycles. The predicted molar refractivity (Wildman–Crippen MR) is 256 cm³/mol. The topological polar surface area (TPSA) is 163 Å². The van der Waals surface area contributed by atoms with Crippen LogP contribution in [0.25, 0.3) is 16.7 Å². The number of rotatable bonds is 10. The van der Waals surface area contributed by atoms with Crippen molar-refractivity contribution in [1.82, 2.24) is 44.2 Å². The average molecular weight is 944 g/mol. The molecule has 0 radical (unpaired) electrons. The number of aromatic nitrogens is 5. The van der Waals surface area contributed by atoms with Crippen LogP contribution in [-0.4, -0.2) is 122 Å². The first-order valence-corrected chi connectivity index (χ1v) is 24.6. The number of nitrogens with one attached hydrogen (secondary N) is 3. The molecule has 5 fully saturated rings. The summed E-state index contributed by atoms with van der Waals surface area (Å²) in [4.78, 5) is 61.1. The second-order valence-electron chi connectivity index (χ2n) is 20.1. The summed E-state index contributed by atoms with van der Waals surface area (Å²) in [5, 5.41) is 13.5. The summed E-state index contributed by atoms with van der Waals surface area (Å²) in [5.74, 6) is 3.17. The third-order valence-corrected chi connectivity index (χ3v) is 15.8. The molecule has 16 nitrogen and oxygen atoms in total. The van der Waals surface area contributed by atoms with Crippen molar-refractivity contribution in [3.8, 4) is 11.8 Å². The Hall–Kier alpha value is -6.16. The molecule has 7 heterocycles. The fraction of sp³-hybridized carbons (Fsp3) is 0.529. The van der Waals surface area contributed by atoms with Gasteiger partial charge in [0.1, 0.15) is 12.6 Å². The van der Waals surface area contributed by atoms with Crippen molar-refractivity contribution in [3.63, 3.8) is 0 Å². The number of nitrogens with zero attached hydrogens (tertiary/aromatic N) is 8. The summed E-state index contributed by atoms with van der Waals surface area (Å²) >= 11 is 0. The maximum Gasteiger partial charge on any atom is 0.329 e. The summed E-state index contributed by atoms with van der Waals surface area (Å²) in [7, 11) is 3.49. The highest BCUT2D eigenvalue weighted by Crippen LogP contribution is 2.47. The van der Waals surface area contributed by atoms with Crippen molar-refractivity contribution < 1.29 is 27.9 Å².